The molecule has 0 aromatic heterocycles. The van der Waals surface area contributed by atoms with Crippen LogP contribution >= 0.6 is 0 Å². The van der Waals surface area contributed by atoms with Gasteiger partial charge in [0.1, 0.15) is 33.7 Å². The molecule has 0 spiro atoms. The van der Waals surface area contributed by atoms with Crippen molar-refractivity contribution in [3.63, 3.8) is 0 Å². The minimum absolute atomic E-state index is 0.115. The van der Waals surface area contributed by atoms with E-state index in [1.807, 2.05) is 24.3 Å². The average Bonchev–Trinajstić information content (AvgIpc) is 2.89. The summed E-state index contributed by atoms with van der Waals surface area (Å²) in [5.74, 6) is 1.05. The van der Waals surface area contributed by atoms with E-state index in [1.165, 1.54) is 31.4 Å². The van der Waals surface area contributed by atoms with E-state index in [-0.39, 0.29) is 10.6 Å². The predicted octanol–water partition coefficient (Wildman–Crippen LogP) is 6.46. The third-order valence-corrected chi connectivity index (χ3v) is 7.92. The van der Waals surface area contributed by atoms with E-state index in [0.717, 1.165) is 30.4 Å². The molecule has 1 fully saturated rings. The molecule has 6 nitrogen and oxygen atoms in total. The molecule has 38 heavy (non-hydrogen) atoms. The maximum Gasteiger partial charge on any atom is 0.178 e. The first-order valence-corrected chi connectivity index (χ1v) is 14.6. The summed E-state index contributed by atoms with van der Waals surface area (Å²) in [4.78, 5) is -0.357. The van der Waals surface area contributed by atoms with Crippen LogP contribution in [0.1, 0.15) is 25.7 Å². The summed E-state index contributed by atoms with van der Waals surface area (Å²) in [6, 6.07) is 20.3. The molecule has 0 radical (unpaired) electrons. The van der Waals surface area contributed by atoms with Crippen LogP contribution in [0.4, 0.5) is 4.39 Å². The SMILES string of the molecule is CS(=O)(=O)c1ccc(-c2ccc3cc(O)ccc3c2Oc2ccc(OCCC3CCCCN3)cc2)cc1F. The van der Waals surface area contributed by atoms with Gasteiger partial charge in [0, 0.05) is 23.2 Å². The van der Waals surface area contributed by atoms with Crippen LogP contribution in [0.3, 0.4) is 0 Å². The zero-order chi connectivity index (χ0) is 26.7. The Kier molecular flexibility index (Phi) is 7.53. The van der Waals surface area contributed by atoms with Gasteiger partial charge in [-0.3, -0.25) is 0 Å². The van der Waals surface area contributed by atoms with Crippen LogP contribution in [-0.4, -0.2) is 39.0 Å². The molecule has 5 rings (SSSR count). The molecule has 0 aliphatic carbocycles. The number of nitrogens with one attached hydrogen (secondary N) is 1. The fourth-order valence-electron chi connectivity index (χ4n) is 4.81. The van der Waals surface area contributed by atoms with Crippen molar-refractivity contribution in [3.05, 3.63) is 78.6 Å². The van der Waals surface area contributed by atoms with Crippen LogP contribution in [0.2, 0.25) is 0 Å². The minimum atomic E-state index is -3.70. The topological polar surface area (TPSA) is 84.9 Å². The Balaban J connectivity index is 1.42. The van der Waals surface area contributed by atoms with Crippen molar-refractivity contribution < 1.29 is 27.4 Å². The van der Waals surface area contributed by atoms with Gasteiger partial charge < -0.3 is 19.9 Å². The summed E-state index contributed by atoms with van der Waals surface area (Å²) in [5.41, 5.74) is 1.05. The fourth-order valence-corrected chi connectivity index (χ4v) is 5.53. The number of rotatable bonds is 8. The number of sulfone groups is 1. The summed E-state index contributed by atoms with van der Waals surface area (Å²) >= 11 is 0. The van der Waals surface area contributed by atoms with E-state index in [1.54, 1.807) is 36.4 Å². The summed E-state index contributed by atoms with van der Waals surface area (Å²) in [7, 11) is -3.70. The second-order valence-electron chi connectivity index (χ2n) is 9.62. The van der Waals surface area contributed by atoms with E-state index in [9.17, 15) is 17.9 Å². The molecule has 8 heteroatoms. The highest BCUT2D eigenvalue weighted by atomic mass is 32.2. The Morgan fingerprint density at radius 1 is 0.974 bits per heavy atom. The Hall–Kier alpha value is -3.62. The zero-order valence-corrected chi connectivity index (χ0v) is 21.9. The lowest BCUT2D eigenvalue weighted by molar-refractivity contribution is 0.268. The van der Waals surface area contributed by atoms with Crippen molar-refractivity contribution in [2.75, 3.05) is 19.4 Å². The van der Waals surface area contributed by atoms with Crippen LogP contribution in [0.25, 0.3) is 21.9 Å². The van der Waals surface area contributed by atoms with E-state index < -0.39 is 15.7 Å². The van der Waals surface area contributed by atoms with Gasteiger partial charge in [-0.05, 0) is 97.4 Å². The normalized spacial score (nSPS) is 15.9. The van der Waals surface area contributed by atoms with Gasteiger partial charge in [0.15, 0.2) is 9.84 Å². The van der Waals surface area contributed by atoms with Crippen molar-refractivity contribution in [1.29, 1.82) is 0 Å². The van der Waals surface area contributed by atoms with E-state index >= 15 is 0 Å². The number of halogens is 1. The van der Waals surface area contributed by atoms with Crippen molar-refractivity contribution in [2.45, 2.75) is 36.6 Å². The van der Waals surface area contributed by atoms with Gasteiger partial charge in [-0.25, -0.2) is 12.8 Å². The number of ether oxygens (including phenoxy) is 2. The van der Waals surface area contributed by atoms with Crippen molar-refractivity contribution in [1.82, 2.24) is 5.32 Å². The molecule has 1 unspecified atom stereocenters. The van der Waals surface area contributed by atoms with Gasteiger partial charge in [-0.2, -0.15) is 0 Å². The molecule has 0 bridgehead atoms. The molecule has 1 atom stereocenters. The highest BCUT2D eigenvalue weighted by Crippen LogP contribution is 2.41. The molecule has 4 aromatic carbocycles. The number of hydrogen-bond donors (Lipinski definition) is 2. The second kappa shape index (κ2) is 11.0. The zero-order valence-electron chi connectivity index (χ0n) is 21.1. The lowest BCUT2D eigenvalue weighted by atomic mass is 9.99. The Bertz CT molecular complexity index is 1550. The summed E-state index contributed by atoms with van der Waals surface area (Å²) < 4.78 is 50.8. The molecule has 1 saturated heterocycles. The highest BCUT2D eigenvalue weighted by Gasteiger charge is 2.18. The van der Waals surface area contributed by atoms with Crippen LogP contribution in [0, 0.1) is 5.82 Å². The van der Waals surface area contributed by atoms with Gasteiger partial charge in [0.2, 0.25) is 0 Å². The Morgan fingerprint density at radius 3 is 2.47 bits per heavy atom. The quantitative estimate of drug-likeness (QED) is 0.269. The smallest absolute Gasteiger partial charge is 0.178 e. The average molecular weight is 536 g/mol. The molecule has 198 valence electrons. The Morgan fingerprint density at radius 2 is 1.76 bits per heavy atom. The molecular formula is C30H30FNO5S. The van der Waals surface area contributed by atoms with Crippen molar-refractivity contribution in [3.8, 4) is 34.1 Å². The third kappa shape index (κ3) is 5.92. The monoisotopic (exact) mass is 535 g/mol. The summed E-state index contributed by atoms with van der Waals surface area (Å²) in [6.45, 7) is 1.70. The first-order valence-electron chi connectivity index (χ1n) is 12.7. The largest absolute Gasteiger partial charge is 0.508 e. The first kappa shape index (κ1) is 26.0. The first-order chi connectivity index (χ1) is 18.3. The van der Waals surface area contributed by atoms with Gasteiger partial charge in [0.25, 0.3) is 0 Å². The maximum absolute atomic E-state index is 14.8. The van der Waals surface area contributed by atoms with Crippen LogP contribution < -0.4 is 14.8 Å². The van der Waals surface area contributed by atoms with Crippen LogP contribution in [0.15, 0.2) is 77.7 Å². The molecule has 1 aliphatic rings. The van der Waals surface area contributed by atoms with Crippen molar-refractivity contribution in [2.24, 2.45) is 0 Å². The number of phenolic OH excluding ortho intramolecular Hbond substituents is 1. The van der Waals surface area contributed by atoms with Gasteiger partial charge in [-0.15, -0.1) is 0 Å². The Labute approximate surface area is 222 Å². The number of aromatic hydroxyl groups is 1. The lowest BCUT2D eigenvalue weighted by Crippen LogP contribution is -2.35. The fraction of sp³-hybridized carbons (Fsp3) is 0.267. The van der Waals surface area contributed by atoms with Crippen LogP contribution in [-0.2, 0) is 9.84 Å². The second-order valence-corrected chi connectivity index (χ2v) is 11.6. The third-order valence-electron chi connectivity index (χ3n) is 6.79. The number of benzene rings is 4. The number of piperidine rings is 1. The standard InChI is InChI=1S/C30H30FNO5S/c1-38(34,35)29-14-6-21(19-28(29)31)26-12-5-20-18-23(33)7-13-27(20)30(26)37-25-10-8-24(9-11-25)36-17-15-22-4-2-3-16-32-22/h5-14,18-19,22,32-33H,2-4,15-17H2,1H3. The van der Waals surface area contributed by atoms with Gasteiger partial charge >= 0.3 is 0 Å². The molecule has 0 saturated carbocycles. The lowest BCUT2D eigenvalue weighted by Gasteiger charge is -2.23. The summed E-state index contributed by atoms with van der Waals surface area (Å²) in [5, 5.41) is 14.9. The van der Waals surface area contributed by atoms with Crippen LogP contribution in [0.5, 0.6) is 23.0 Å². The number of fused-ring (bicyclic) bond motifs is 1. The van der Waals surface area contributed by atoms with E-state index in [4.69, 9.17) is 9.47 Å². The minimum Gasteiger partial charge on any atom is -0.508 e. The summed E-state index contributed by atoms with van der Waals surface area (Å²) in [6.07, 6.45) is 5.61. The van der Waals surface area contributed by atoms with E-state index in [0.29, 0.717) is 40.7 Å². The number of hydrogen-bond acceptors (Lipinski definition) is 6. The maximum atomic E-state index is 14.8. The molecule has 1 heterocycles. The molecule has 2 N–H and O–H groups in total. The van der Waals surface area contributed by atoms with E-state index in [2.05, 4.69) is 5.32 Å². The number of phenols is 1. The molecule has 1 aliphatic heterocycles. The van der Waals surface area contributed by atoms with Crippen molar-refractivity contribution >= 4 is 20.6 Å². The molecular weight excluding hydrogens is 505 g/mol. The molecule has 0 amide bonds. The molecule has 4 aromatic rings. The van der Waals surface area contributed by atoms with Gasteiger partial charge in [0.05, 0.1) is 6.61 Å². The van der Waals surface area contributed by atoms with Gasteiger partial charge in [-0.1, -0.05) is 18.6 Å². The highest BCUT2D eigenvalue weighted by molar-refractivity contribution is 7.90. The predicted molar refractivity (Wildman–Crippen MR) is 146 cm³/mol.